The second-order valence-corrected chi connectivity index (χ2v) is 7.30. The highest BCUT2D eigenvalue weighted by Crippen LogP contribution is 2.45. The maximum Gasteiger partial charge on any atom is 0.268 e. The Kier molecular flexibility index (Phi) is 3.74. The summed E-state index contributed by atoms with van der Waals surface area (Å²) >= 11 is 1.36. The Morgan fingerprint density at radius 3 is 3.09 bits per heavy atom. The molecule has 2 aliphatic heterocycles. The van der Waals surface area contributed by atoms with E-state index in [9.17, 15) is 9.90 Å². The molecule has 1 aromatic heterocycles. The van der Waals surface area contributed by atoms with Gasteiger partial charge in [-0.1, -0.05) is 0 Å². The van der Waals surface area contributed by atoms with Crippen LogP contribution in [0.1, 0.15) is 35.4 Å². The number of aliphatic hydroxyl groups excluding tert-OH is 1. The van der Waals surface area contributed by atoms with Crippen molar-refractivity contribution in [1.29, 1.82) is 0 Å². The van der Waals surface area contributed by atoms with Crippen molar-refractivity contribution >= 4 is 17.2 Å². The zero-order valence-electron chi connectivity index (χ0n) is 13.1. The Hall–Kier alpha value is -1.31. The van der Waals surface area contributed by atoms with Crippen LogP contribution in [0.4, 0.5) is 0 Å². The fourth-order valence-corrected chi connectivity index (χ4v) is 4.95. The van der Waals surface area contributed by atoms with Crippen LogP contribution in [0.25, 0.3) is 0 Å². The molecule has 3 atom stereocenters. The molecule has 1 aromatic rings. The molecule has 3 aliphatic rings. The molecular formula is C16H21NO5S. The number of nitrogens with zero attached hydrogens (tertiary/aromatic N) is 1. The summed E-state index contributed by atoms with van der Waals surface area (Å²) in [7, 11) is 1.71. The number of methoxy groups -OCH3 is 1. The van der Waals surface area contributed by atoms with Crippen LogP contribution in [0.2, 0.25) is 0 Å². The van der Waals surface area contributed by atoms with Crippen LogP contribution >= 0.6 is 11.3 Å². The molecule has 0 bridgehead atoms. The van der Waals surface area contributed by atoms with Crippen LogP contribution in [0.15, 0.2) is 5.38 Å². The molecule has 126 valence electrons. The lowest BCUT2D eigenvalue weighted by Gasteiger charge is -2.42. The number of likely N-dealkylation sites (tertiary alicyclic amines) is 1. The molecule has 0 unspecified atom stereocenters. The van der Waals surface area contributed by atoms with E-state index in [-0.39, 0.29) is 23.7 Å². The number of rotatable bonds is 2. The predicted octanol–water partition coefficient (Wildman–Crippen LogP) is 1.66. The lowest BCUT2D eigenvalue weighted by Crippen LogP contribution is -2.52. The Labute approximate surface area is 138 Å². The van der Waals surface area contributed by atoms with Gasteiger partial charge >= 0.3 is 0 Å². The van der Waals surface area contributed by atoms with Crippen LogP contribution in [0.5, 0.6) is 11.5 Å². The van der Waals surface area contributed by atoms with Crippen molar-refractivity contribution in [3.63, 3.8) is 0 Å². The van der Waals surface area contributed by atoms with Crippen molar-refractivity contribution in [1.82, 2.24) is 4.90 Å². The highest BCUT2D eigenvalue weighted by molar-refractivity contribution is 7.12. The fraction of sp³-hybridized carbons (Fsp3) is 0.688. The van der Waals surface area contributed by atoms with E-state index in [1.54, 1.807) is 7.11 Å². The summed E-state index contributed by atoms with van der Waals surface area (Å²) in [6.07, 6.45) is 2.55. The van der Waals surface area contributed by atoms with Gasteiger partial charge in [0, 0.05) is 19.0 Å². The van der Waals surface area contributed by atoms with Gasteiger partial charge in [-0.2, -0.15) is 0 Å². The van der Waals surface area contributed by atoms with Crippen molar-refractivity contribution in [3.05, 3.63) is 10.3 Å². The smallest absolute Gasteiger partial charge is 0.268 e. The Balaban J connectivity index is 1.62. The minimum Gasteiger partial charge on any atom is -0.485 e. The van der Waals surface area contributed by atoms with Gasteiger partial charge in [-0.05, 0) is 25.7 Å². The Bertz CT molecular complexity index is 618. The summed E-state index contributed by atoms with van der Waals surface area (Å²) in [6, 6.07) is -0.0778. The van der Waals surface area contributed by atoms with Gasteiger partial charge in [-0.15, -0.1) is 11.3 Å². The van der Waals surface area contributed by atoms with E-state index in [0.717, 1.165) is 19.3 Å². The molecule has 23 heavy (non-hydrogen) atoms. The number of aliphatic hydroxyl groups is 1. The molecule has 3 heterocycles. The summed E-state index contributed by atoms with van der Waals surface area (Å²) in [5, 5.41) is 11.9. The van der Waals surface area contributed by atoms with E-state index in [2.05, 4.69) is 0 Å². The first kappa shape index (κ1) is 15.2. The van der Waals surface area contributed by atoms with Crippen molar-refractivity contribution in [2.45, 2.75) is 43.4 Å². The van der Waals surface area contributed by atoms with E-state index < -0.39 is 0 Å². The topological polar surface area (TPSA) is 68.2 Å². The Morgan fingerprint density at radius 1 is 1.43 bits per heavy atom. The second-order valence-electron chi connectivity index (χ2n) is 6.42. The van der Waals surface area contributed by atoms with Gasteiger partial charge in [0.25, 0.3) is 5.91 Å². The SMILES string of the molecule is CO[C@]12CC[C@@H](O)C[C@H]1N(C(=O)c1scc3c1OCCO3)CC2. The minimum absolute atomic E-state index is 0.0419. The third-order valence-electron chi connectivity index (χ3n) is 5.32. The summed E-state index contributed by atoms with van der Waals surface area (Å²) < 4.78 is 17.0. The fourth-order valence-electron chi connectivity index (χ4n) is 4.06. The third kappa shape index (κ3) is 2.33. The lowest BCUT2D eigenvalue weighted by molar-refractivity contribution is -0.0824. The molecule has 1 N–H and O–H groups in total. The maximum atomic E-state index is 13.1. The van der Waals surface area contributed by atoms with Gasteiger partial charge in [0.05, 0.1) is 17.7 Å². The molecule has 1 saturated carbocycles. The molecule has 2 fully saturated rings. The number of fused-ring (bicyclic) bond motifs is 2. The molecule has 4 rings (SSSR count). The van der Waals surface area contributed by atoms with Crippen LogP contribution in [-0.2, 0) is 4.74 Å². The molecular weight excluding hydrogens is 318 g/mol. The standard InChI is InChI=1S/C16H21NO5S/c1-20-16-3-2-10(18)8-12(16)17(5-4-16)15(19)14-13-11(9-23-14)21-6-7-22-13/h9-10,12,18H,2-8H2,1H3/t10-,12-,16+/m1/s1. The normalized spacial score (nSPS) is 32.7. The van der Waals surface area contributed by atoms with Crippen LogP contribution < -0.4 is 9.47 Å². The number of carbonyl (C=O) groups excluding carboxylic acids is 1. The molecule has 1 amide bonds. The van der Waals surface area contributed by atoms with Gasteiger partial charge in [0.15, 0.2) is 11.5 Å². The second kappa shape index (κ2) is 5.65. The summed E-state index contributed by atoms with van der Waals surface area (Å²) in [5.74, 6) is 1.18. The van der Waals surface area contributed by atoms with Gasteiger partial charge in [0.2, 0.25) is 0 Å². The highest BCUT2D eigenvalue weighted by Gasteiger charge is 2.52. The third-order valence-corrected chi connectivity index (χ3v) is 6.25. The van der Waals surface area contributed by atoms with Crippen molar-refractivity contribution in [2.75, 3.05) is 26.9 Å². The summed E-state index contributed by atoms with van der Waals surface area (Å²) in [5.41, 5.74) is -0.316. The number of thiophene rings is 1. The number of amides is 1. The number of ether oxygens (including phenoxy) is 3. The predicted molar refractivity (Wildman–Crippen MR) is 84.3 cm³/mol. The van der Waals surface area contributed by atoms with Crippen LogP contribution in [0.3, 0.4) is 0 Å². The van der Waals surface area contributed by atoms with Gasteiger partial charge in [-0.25, -0.2) is 0 Å². The van der Waals surface area contributed by atoms with E-state index in [1.807, 2.05) is 10.3 Å². The van der Waals surface area contributed by atoms with Crippen molar-refractivity contribution in [3.8, 4) is 11.5 Å². The van der Waals surface area contributed by atoms with E-state index in [0.29, 0.717) is 42.6 Å². The first-order valence-corrected chi connectivity index (χ1v) is 8.94. The summed E-state index contributed by atoms with van der Waals surface area (Å²) in [6.45, 7) is 1.63. The molecule has 0 aromatic carbocycles. The first-order valence-electron chi connectivity index (χ1n) is 8.06. The average Bonchev–Trinajstić information content (AvgIpc) is 3.16. The molecule has 1 aliphatic carbocycles. The zero-order chi connectivity index (χ0) is 16.0. The number of hydrogen-bond acceptors (Lipinski definition) is 6. The molecule has 1 saturated heterocycles. The number of carbonyl (C=O) groups is 1. The van der Waals surface area contributed by atoms with Gasteiger partial charge in [-0.3, -0.25) is 4.79 Å². The number of hydrogen-bond donors (Lipinski definition) is 1. The van der Waals surface area contributed by atoms with Crippen molar-refractivity contribution < 1.29 is 24.1 Å². The van der Waals surface area contributed by atoms with E-state index in [4.69, 9.17) is 14.2 Å². The van der Waals surface area contributed by atoms with E-state index in [1.165, 1.54) is 11.3 Å². The highest BCUT2D eigenvalue weighted by atomic mass is 32.1. The van der Waals surface area contributed by atoms with Gasteiger partial charge < -0.3 is 24.2 Å². The van der Waals surface area contributed by atoms with Crippen LogP contribution in [0, 0.1) is 0 Å². The first-order chi connectivity index (χ1) is 11.1. The van der Waals surface area contributed by atoms with Crippen LogP contribution in [-0.4, -0.2) is 60.5 Å². The molecule has 7 heteroatoms. The molecule has 6 nitrogen and oxygen atoms in total. The quantitative estimate of drug-likeness (QED) is 0.888. The largest absolute Gasteiger partial charge is 0.485 e. The molecule has 0 spiro atoms. The Morgan fingerprint density at radius 2 is 2.26 bits per heavy atom. The van der Waals surface area contributed by atoms with Gasteiger partial charge in [0.1, 0.15) is 18.1 Å². The average molecular weight is 339 g/mol. The maximum absolute atomic E-state index is 13.1. The minimum atomic E-state index is -0.367. The van der Waals surface area contributed by atoms with Crippen molar-refractivity contribution in [2.24, 2.45) is 0 Å². The monoisotopic (exact) mass is 339 g/mol. The van der Waals surface area contributed by atoms with E-state index >= 15 is 0 Å². The summed E-state index contributed by atoms with van der Waals surface area (Å²) in [4.78, 5) is 15.5. The zero-order valence-corrected chi connectivity index (χ0v) is 13.9. The lowest BCUT2D eigenvalue weighted by atomic mass is 9.79. The molecule has 0 radical (unpaired) electrons.